The van der Waals surface area contributed by atoms with Crippen molar-refractivity contribution in [3.63, 3.8) is 0 Å². The SMILES string of the molecule is CC(=C(SC(=O)C(C)C)C(=O)CC(=O)C(C)NS(=O)(=O)c1cccc2c(N(C)C)cccc12)N(C=O)Cc1cnc(C)nc1N. The zero-order chi connectivity index (χ0) is 33.6. The first kappa shape index (κ1) is 35.3. The fourth-order valence-corrected chi connectivity index (χ4v) is 6.71. The Morgan fingerprint density at radius 3 is 2.31 bits per heavy atom. The number of nitrogens with two attached hydrogens (primary N) is 1. The van der Waals surface area contributed by atoms with Gasteiger partial charge in [-0.25, -0.2) is 23.1 Å². The Morgan fingerprint density at radius 1 is 1.07 bits per heavy atom. The van der Waals surface area contributed by atoms with Crippen LogP contribution in [-0.2, 0) is 35.7 Å². The van der Waals surface area contributed by atoms with Gasteiger partial charge in [0.2, 0.25) is 16.4 Å². The first-order valence-electron chi connectivity index (χ1n) is 14.1. The van der Waals surface area contributed by atoms with Crippen molar-refractivity contribution >= 4 is 67.2 Å². The van der Waals surface area contributed by atoms with E-state index in [-0.39, 0.29) is 33.0 Å². The van der Waals surface area contributed by atoms with Gasteiger partial charge in [0.15, 0.2) is 16.7 Å². The number of anilines is 2. The molecule has 1 aromatic heterocycles. The van der Waals surface area contributed by atoms with Gasteiger partial charge in [0.25, 0.3) is 0 Å². The number of amides is 1. The fraction of sp³-hybridized carbons (Fsp3) is 0.355. The number of nitrogen functional groups attached to an aromatic ring is 1. The molecule has 12 nitrogen and oxygen atoms in total. The summed E-state index contributed by atoms with van der Waals surface area (Å²) in [4.78, 5) is 62.7. The van der Waals surface area contributed by atoms with Gasteiger partial charge in [0.1, 0.15) is 11.6 Å². The number of hydrogen-bond donors (Lipinski definition) is 2. The van der Waals surface area contributed by atoms with Crippen molar-refractivity contribution in [1.29, 1.82) is 0 Å². The molecule has 1 heterocycles. The molecular formula is C31H38N6O6S2. The molecular weight excluding hydrogens is 617 g/mol. The number of fused-ring (bicyclic) bond motifs is 1. The zero-order valence-corrected chi connectivity index (χ0v) is 28.0. The van der Waals surface area contributed by atoms with Crippen molar-refractivity contribution in [2.24, 2.45) is 5.92 Å². The van der Waals surface area contributed by atoms with Crippen LogP contribution in [0.25, 0.3) is 10.8 Å². The van der Waals surface area contributed by atoms with E-state index in [1.807, 2.05) is 31.1 Å². The van der Waals surface area contributed by atoms with E-state index in [4.69, 9.17) is 5.73 Å². The molecule has 240 valence electrons. The Hall–Kier alpha value is -4.14. The number of sulfonamides is 1. The van der Waals surface area contributed by atoms with Gasteiger partial charge in [-0.2, -0.15) is 0 Å². The Labute approximate surface area is 267 Å². The molecule has 1 atom stereocenters. The minimum Gasteiger partial charge on any atom is -0.383 e. The molecule has 0 aliphatic rings. The third-order valence-corrected chi connectivity index (χ3v) is 9.95. The normalized spacial score (nSPS) is 12.9. The molecule has 0 aliphatic carbocycles. The van der Waals surface area contributed by atoms with Crippen molar-refractivity contribution < 1.29 is 27.6 Å². The summed E-state index contributed by atoms with van der Waals surface area (Å²) in [5.41, 5.74) is 7.36. The Kier molecular flexibility index (Phi) is 11.6. The number of allylic oxidation sites excluding steroid dienone is 2. The van der Waals surface area contributed by atoms with E-state index in [0.717, 1.165) is 11.1 Å². The average molecular weight is 655 g/mol. The first-order chi connectivity index (χ1) is 21.1. The Balaban J connectivity index is 1.89. The number of carbonyl (C=O) groups excluding carboxylic acids is 4. The van der Waals surface area contributed by atoms with Gasteiger partial charge >= 0.3 is 0 Å². The second-order valence-electron chi connectivity index (χ2n) is 11.0. The third-order valence-electron chi connectivity index (χ3n) is 6.95. The van der Waals surface area contributed by atoms with E-state index < -0.39 is 40.0 Å². The molecule has 0 saturated heterocycles. The molecule has 0 radical (unpaired) electrons. The molecule has 1 amide bonds. The van der Waals surface area contributed by atoms with E-state index in [1.54, 1.807) is 39.0 Å². The van der Waals surface area contributed by atoms with Crippen LogP contribution in [-0.4, -0.2) is 66.5 Å². The highest BCUT2D eigenvalue weighted by Gasteiger charge is 2.29. The summed E-state index contributed by atoms with van der Waals surface area (Å²) in [5.74, 6) is -1.30. The Morgan fingerprint density at radius 2 is 1.71 bits per heavy atom. The third kappa shape index (κ3) is 8.53. The maximum absolute atomic E-state index is 13.5. The lowest BCUT2D eigenvalue weighted by Gasteiger charge is -2.22. The molecule has 0 fully saturated rings. The lowest BCUT2D eigenvalue weighted by atomic mass is 10.1. The summed E-state index contributed by atoms with van der Waals surface area (Å²) in [7, 11) is -0.483. The van der Waals surface area contributed by atoms with Crippen LogP contribution in [0, 0.1) is 12.8 Å². The maximum atomic E-state index is 13.5. The van der Waals surface area contributed by atoms with Crippen molar-refractivity contribution in [3.8, 4) is 0 Å². The minimum absolute atomic E-state index is 0.00910. The highest BCUT2D eigenvalue weighted by molar-refractivity contribution is 8.17. The van der Waals surface area contributed by atoms with Crippen molar-refractivity contribution in [1.82, 2.24) is 19.6 Å². The van der Waals surface area contributed by atoms with Gasteiger partial charge in [0.05, 0.1) is 28.8 Å². The van der Waals surface area contributed by atoms with Crippen LogP contribution >= 0.6 is 11.8 Å². The van der Waals surface area contributed by atoms with Crippen LogP contribution in [0.3, 0.4) is 0 Å². The predicted octanol–water partition coefficient (Wildman–Crippen LogP) is 3.59. The van der Waals surface area contributed by atoms with E-state index in [9.17, 15) is 27.6 Å². The smallest absolute Gasteiger partial charge is 0.241 e. The number of aryl methyl sites for hydroxylation is 1. The second kappa shape index (κ2) is 14.8. The van der Waals surface area contributed by atoms with Crippen LogP contribution in [0.15, 0.2) is 58.1 Å². The molecule has 3 N–H and O–H groups in total. The summed E-state index contributed by atoms with van der Waals surface area (Å²) < 4.78 is 29.3. The number of nitrogens with zero attached hydrogens (tertiary/aromatic N) is 4. The lowest BCUT2D eigenvalue weighted by molar-refractivity contribution is -0.126. The molecule has 3 rings (SSSR count). The van der Waals surface area contributed by atoms with Gasteiger partial charge in [-0.1, -0.05) is 38.1 Å². The standard InChI is InChI=1S/C31H38N6O6S2/c1-18(2)31(41)44-29(20(4)37(17-38)16-22-15-33-21(5)34-30(22)32)27(40)14-26(39)19(3)35-45(42,43)28-13-9-10-23-24(28)11-8-12-25(23)36(6)7/h8-13,15,17-19,35H,14,16H2,1-7H3,(H2,32,33,34). The van der Waals surface area contributed by atoms with Crippen LogP contribution in [0.1, 0.15) is 45.5 Å². The average Bonchev–Trinajstić information content (AvgIpc) is 2.97. The van der Waals surface area contributed by atoms with Gasteiger partial charge < -0.3 is 15.5 Å². The molecule has 3 aromatic rings. The van der Waals surface area contributed by atoms with Crippen molar-refractivity contribution in [2.45, 2.75) is 58.5 Å². The molecule has 0 saturated carbocycles. The molecule has 0 spiro atoms. The number of rotatable bonds is 14. The summed E-state index contributed by atoms with van der Waals surface area (Å²) in [6, 6.07) is 8.91. The number of thioether (sulfide) groups is 1. The number of carbonyl (C=O) groups is 4. The summed E-state index contributed by atoms with van der Waals surface area (Å²) in [6.07, 6.45) is 1.23. The van der Waals surface area contributed by atoms with Crippen LogP contribution < -0.4 is 15.4 Å². The maximum Gasteiger partial charge on any atom is 0.241 e. The second-order valence-corrected chi connectivity index (χ2v) is 13.7. The predicted molar refractivity (Wildman–Crippen MR) is 176 cm³/mol. The molecule has 1 unspecified atom stereocenters. The largest absolute Gasteiger partial charge is 0.383 e. The van der Waals surface area contributed by atoms with Crippen LogP contribution in [0.4, 0.5) is 11.5 Å². The number of nitrogens with one attached hydrogen (secondary N) is 1. The number of benzene rings is 2. The molecule has 2 aromatic carbocycles. The number of aromatic nitrogens is 2. The van der Waals surface area contributed by atoms with E-state index in [0.29, 0.717) is 34.9 Å². The van der Waals surface area contributed by atoms with Gasteiger partial charge in [-0.3, -0.25) is 19.2 Å². The zero-order valence-electron chi connectivity index (χ0n) is 26.3. The van der Waals surface area contributed by atoms with Crippen molar-refractivity contribution in [2.75, 3.05) is 24.7 Å². The monoisotopic (exact) mass is 654 g/mol. The number of hydrogen-bond acceptors (Lipinski definition) is 11. The van der Waals surface area contributed by atoms with Crippen molar-refractivity contribution in [3.05, 3.63) is 64.6 Å². The summed E-state index contributed by atoms with van der Waals surface area (Å²) in [6.45, 7) is 7.72. The molecule has 0 bridgehead atoms. The van der Waals surface area contributed by atoms with Gasteiger partial charge in [-0.15, -0.1) is 0 Å². The van der Waals surface area contributed by atoms with Crippen LogP contribution in [0.5, 0.6) is 0 Å². The molecule has 0 aliphatic heterocycles. The highest BCUT2D eigenvalue weighted by atomic mass is 32.2. The number of ketones is 2. The van der Waals surface area contributed by atoms with E-state index in [2.05, 4.69) is 14.7 Å². The minimum atomic E-state index is -4.19. The summed E-state index contributed by atoms with van der Waals surface area (Å²) in [5, 5.41) is 0.844. The Bertz CT molecular complexity index is 1770. The quantitative estimate of drug-likeness (QED) is 0.148. The van der Waals surface area contributed by atoms with Crippen LogP contribution in [0.2, 0.25) is 0 Å². The summed E-state index contributed by atoms with van der Waals surface area (Å²) >= 11 is 0.632. The molecule has 45 heavy (non-hydrogen) atoms. The number of Topliss-reactive ketones (excluding diaryl/α,β-unsaturated/α-hetero) is 2. The van der Waals surface area contributed by atoms with Gasteiger partial charge in [-0.05, 0) is 44.7 Å². The lowest BCUT2D eigenvalue weighted by Crippen LogP contribution is -2.39. The van der Waals surface area contributed by atoms with E-state index >= 15 is 0 Å². The highest BCUT2D eigenvalue weighted by Crippen LogP contribution is 2.31. The molecule has 14 heteroatoms. The fourth-order valence-electron chi connectivity index (χ4n) is 4.38. The van der Waals surface area contributed by atoms with E-state index in [1.165, 1.54) is 31.0 Å². The topological polar surface area (TPSA) is 173 Å². The first-order valence-corrected chi connectivity index (χ1v) is 16.4. The van der Waals surface area contributed by atoms with Gasteiger partial charge in [0, 0.05) is 53.9 Å².